The van der Waals surface area contributed by atoms with Gasteiger partial charge in [0.05, 0.1) is 0 Å². The van der Waals surface area contributed by atoms with Crippen LogP contribution in [-0.4, -0.2) is 34.3 Å². The first-order valence-corrected chi connectivity index (χ1v) is 5.05. The summed E-state index contributed by atoms with van der Waals surface area (Å²) in [4.78, 5) is 22.5. The molecule has 0 bridgehead atoms. The second-order valence-electron chi connectivity index (χ2n) is 4.67. The Morgan fingerprint density at radius 3 is 2.35 bits per heavy atom. The van der Waals surface area contributed by atoms with Crippen LogP contribution in [0.15, 0.2) is 0 Å². The molecule has 2 atom stereocenters. The Balaban J connectivity index is 0. The molecule has 0 aromatic heterocycles. The third-order valence-electron chi connectivity index (χ3n) is 1.58. The normalized spacial score (nSPS) is 17.5. The number of carbonyl (C=O) groups excluding carboxylic acids is 1. The van der Waals surface area contributed by atoms with E-state index in [-0.39, 0.29) is 11.9 Å². The molecule has 0 aromatic carbocycles. The molecule has 0 aromatic rings. The monoisotopic (exact) mass is 252 g/mol. The number of hydrogen-bond donors (Lipinski definition) is 2. The molecule has 2 unspecified atom stereocenters. The summed E-state index contributed by atoms with van der Waals surface area (Å²) < 4.78 is 26.5. The number of nitrogens with one attached hydrogen (secondary N) is 1. The minimum Gasteiger partial charge on any atom is -0.480 e. The number of ether oxygens (including phenoxy) is 1. The summed E-state index contributed by atoms with van der Waals surface area (Å²) in [5, 5.41) is 11.1. The first kappa shape index (κ1) is 12.2. The van der Waals surface area contributed by atoms with Gasteiger partial charge in [-0.15, -0.1) is 0 Å². The lowest BCUT2D eigenvalue weighted by Gasteiger charge is -2.22. The molecule has 0 aliphatic carbocycles. The van der Waals surface area contributed by atoms with Gasteiger partial charge in [0.25, 0.3) is 0 Å². The summed E-state index contributed by atoms with van der Waals surface area (Å²) >= 11 is 0. The summed E-state index contributed by atoms with van der Waals surface area (Å²) in [7, 11) is 0. The number of hydrogen-bond acceptors (Lipinski definition) is 3. The van der Waals surface area contributed by atoms with E-state index in [1.54, 1.807) is 20.8 Å². The summed E-state index contributed by atoms with van der Waals surface area (Å²) in [6.45, 7) is 4.09. The molecule has 0 aliphatic heterocycles. The summed E-state index contributed by atoms with van der Waals surface area (Å²) in [6, 6.07) is -1.29. The van der Waals surface area contributed by atoms with Gasteiger partial charge in [0.1, 0.15) is 11.6 Å². The maximum atomic E-state index is 11.5. The molecule has 6 nitrogen and oxygen atoms in total. The second-order valence-corrected chi connectivity index (χ2v) is 4.67. The molecule has 0 rings (SSSR count). The van der Waals surface area contributed by atoms with Crippen molar-refractivity contribution in [3.05, 3.63) is 0 Å². The maximum absolute atomic E-state index is 11.5. The van der Waals surface area contributed by atoms with Crippen molar-refractivity contribution in [1.29, 1.82) is 0 Å². The fourth-order valence-corrected chi connectivity index (χ4v) is 1.02. The topological polar surface area (TPSA) is 107 Å². The Morgan fingerprint density at radius 1 is 1.47 bits per heavy atom. The zero-order valence-corrected chi connectivity index (χ0v) is 10.5. The predicted molar refractivity (Wildman–Crippen MR) is 63.9 cm³/mol. The fourth-order valence-electron chi connectivity index (χ4n) is 1.02. The Bertz CT molecular complexity index is 338. The zero-order chi connectivity index (χ0) is 15.4. The van der Waals surface area contributed by atoms with Crippen LogP contribution in [0, 0.1) is 5.92 Å². The van der Waals surface area contributed by atoms with E-state index in [0.717, 1.165) is 0 Å². The predicted octanol–water partition coefficient (Wildman–Crippen LogP) is 1.19. The number of aliphatic carboxylic acids is 1. The zero-order valence-electron chi connectivity index (χ0n) is 13.5. The third kappa shape index (κ3) is 9.62. The molecule has 102 valence electrons. The minimum absolute atomic E-state index is 0. The van der Waals surface area contributed by atoms with Crippen molar-refractivity contribution < 1.29 is 29.0 Å². The lowest BCUT2D eigenvalue weighted by atomic mass is 10.0. The number of rotatable bonds is 4. The quantitative estimate of drug-likeness (QED) is 0.783. The maximum Gasteiger partial charge on any atom is 0.408 e. The van der Waals surface area contributed by atoms with Gasteiger partial charge < -0.3 is 20.6 Å². The number of carboxylic acid groups (broad SMARTS) is 1. The van der Waals surface area contributed by atoms with E-state index in [9.17, 15) is 9.59 Å². The van der Waals surface area contributed by atoms with Crippen LogP contribution in [0.3, 0.4) is 0 Å². The van der Waals surface area contributed by atoms with Crippen molar-refractivity contribution in [1.82, 2.24) is 5.32 Å². The fraction of sp³-hybridized carbons (Fsp3) is 0.818. The molecule has 0 saturated heterocycles. The van der Waals surface area contributed by atoms with Crippen LogP contribution in [0.1, 0.15) is 45.1 Å². The van der Waals surface area contributed by atoms with Crippen molar-refractivity contribution in [2.24, 2.45) is 5.92 Å². The van der Waals surface area contributed by atoms with Gasteiger partial charge in [-0.25, -0.2) is 9.59 Å². The van der Waals surface area contributed by atoms with Gasteiger partial charge in [0, 0.05) is 4.11 Å². The van der Waals surface area contributed by atoms with Crippen molar-refractivity contribution in [3.8, 4) is 0 Å². The van der Waals surface area contributed by atoms with Gasteiger partial charge in [0.15, 0.2) is 0 Å². The molecular formula is C11H23NO5. The highest BCUT2D eigenvalue weighted by molar-refractivity contribution is 5.79. The Kier molecular flexibility index (Phi) is 5.09. The molecule has 0 fully saturated rings. The number of amides is 1. The van der Waals surface area contributed by atoms with Crippen LogP contribution < -0.4 is 5.32 Å². The van der Waals surface area contributed by atoms with Crippen LogP contribution in [-0.2, 0) is 9.53 Å². The van der Waals surface area contributed by atoms with Crippen LogP contribution in [0.5, 0.6) is 0 Å². The smallest absolute Gasteiger partial charge is 0.408 e. The Labute approximate surface area is 106 Å². The van der Waals surface area contributed by atoms with Crippen LogP contribution >= 0.6 is 0 Å². The van der Waals surface area contributed by atoms with E-state index >= 15 is 0 Å². The molecule has 4 N–H and O–H groups in total. The van der Waals surface area contributed by atoms with Crippen molar-refractivity contribution in [2.45, 2.75) is 52.6 Å². The molecule has 0 spiro atoms. The molecule has 17 heavy (non-hydrogen) atoms. The van der Waals surface area contributed by atoms with E-state index in [0.29, 0.717) is 0 Å². The first-order chi connectivity index (χ1) is 8.33. The first-order valence-electron chi connectivity index (χ1n) is 6.55. The summed E-state index contributed by atoms with van der Waals surface area (Å²) in [5.41, 5.74) is -0.747. The Morgan fingerprint density at radius 2 is 2.00 bits per heavy atom. The average molecular weight is 252 g/mol. The highest BCUT2D eigenvalue weighted by Gasteiger charge is 2.24. The number of carboxylic acids is 1. The van der Waals surface area contributed by atoms with Crippen LogP contribution in [0.4, 0.5) is 4.79 Å². The van der Waals surface area contributed by atoms with E-state index < -0.39 is 36.5 Å². The van der Waals surface area contributed by atoms with Gasteiger partial charge in [-0.05, 0) is 33.1 Å². The minimum atomic E-state index is -2.26. The van der Waals surface area contributed by atoms with Gasteiger partial charge in [-0.2, -0.15) is 0 Å². The van der Waals surface area contributed by atoms with E-state index in [2.05, 4.69) is 5.32 Å². The molecule has 0 saturated carbocycles. The van der Waals surface area contributed by atoms with E-state index in [1.807, 2.05) is 0 Å². The highest BCUT2D eigenvalue weighted by Crippen LogP contribution is 2.09. The molecule has 0 heterocycles. The summed E-state index contributed by atoms with van der Waals surface area (Å²) in [5.74, 6) is -2.13. The van der Waals surface area contributed by atoms with Gasteiger partial charge >= 0.3 is 12.1 Å². The Hall–Kier alpha value is -1.30. The highest BCUT2D eigenvalue weighted by atomic mass is 16.6. The summed E-state index contributed by atoms with van der Waals surface area (Å²) in [6.07, 6.45) is -1.07. The second kappa shape index (κ2) is 7.11. The lowest BCUT2D eigenvalue weighted by molar-refractivity contribution is -0.139. The van der Waals surface area contributed by atoms with Crippen molar-refractivity contribution >= 4 is 12.1 Å². The molecule has 0 radical (unpaired) electrons. The third-order valence-corrected chi connectivity index (χ3v) is 1.58. The van der Waals surface area contributed by atoms with E-state index in [4.69, 9.17) is 14.0 Å². The van der Waals surface area contributed by atoms with Crippen molar-refractivity contribution in [2.75, 3.05) is 0 Å². The van der Waals surface area contributed by atoms with Crippen LogP contribution in [0.25, 0.3) is 0 Å². The van der Waals surface area contributed by atoms with Gasteiger partial charge in [-0.3, -0.25) is 0 Å². The standard InChI is InChI=1S/C11H21NO4.H2O/c1-7(2)6-8(9(13)14)12-10(15)16-11(3,4)5;/h7-8H,6H2,1-5H3,(H,12,15)(H,13,14);1H2/i1D3;. The molecule has 0 aliphatic rings. The van der Waals surface area contributed by atoms with Crippen molar-refractivity contribution in [3.63, 3.8) is 0 Å². The number of alkyl carbamates (subject to hydrolysis) is 1. The SMILES string of the molecule is O.[2H]C([2H])([2H])C(C)CC(NC(=O)OC(C)(C)C)C(=O)O. The van der Waals surface area contributed by atoms with Gasteiger partial charge in [0.2, 0.25) is 0 Å². The average Bonchev–Trinajstić information content (AvgIpc) is 2.11. The van der Waals surface area contributed by atoms with E-state index in [1.165, 1.54) is 6.92 Å². The van der Waals surface area contributed by atoms with Gasteiger partial charge in [-0.1, -0.05) is 13.8 Å². The molecule has 6 heteroatoms. The molecule has 1 amide bonds. The molecular weight excluding hydrogens is 226 g/mol. The lowest BCUT2D eigenvalue weighted by Crippen LogP contribution is -2.44. The number of carbonyl (C=O) groups is 2. The van der Waals surface area contributed by atoms with Crippen LogP contribution in [0.2, 0.25) is 0 Å². The largest absolute Gasteiger partial charge is 0.480 e.